The lowest BCUT2D eigenvalue weighted by molar-refractivity contribution is -0.123. The van der Waals surface area contributed by atoms with Crippen molar-refractivity contribution in [2.24, 2.45) is 0 Å². The number of hydrogen-bond acceptors (Lipinski definition) is 3. The van der Waals surface area contributed by atoms with Crippen LogP contribution in [0, 0.1) is 0 Å². The number of aliphatic hydroxyl groups is 2. The maximum absolute atomic E-state index is 12.4. The van der Waals surface area contributed by atoms with Crippen LogP contribution in [0.25, 0.3) is 0 Å². The van der Waals surface area contributed by atoms with Crippen molar-refractivity contribution in [1.29, 1.82) is 0 Å². The first-order valence-corrected chi connectivity index (χ1v) is 25.4. The third-order valence-electron chi connectivity index (χ3n) is 10.6. The molecule has 0 bridgehead atoms. The van der Waals surface area contributed by atoms with E-state index in [4.69, 9.17) is 0 Å². The zero-order valence-corrected chi connectivity index (χ0v) is 40.1. The first-order chi connectivity index (χ1) is 30.7. The molecule has 0 aromatic heterocycles. The second-order valence-electron chi connectivity index (χ2n) is 16.5. The highest BCUT2D eigenvalue weighted by Gasteiger charge is 2.17. The number of unbranched alkanes of at least 4 members (excludes halogenated alkanes) is 17. The number of allylic oxidation sites excluding steroid dienone is 21. The lowest BCUT2D eigenvalue weighted by atomic mass is 10.1. The smallest absolute Gasteiger partial charge is 0.220 e. The van der Waals surface area contributed by atoms with Crippen LogP contribution in [0.5, 0.6) is 0 Å². The van der Waals surface area contributed by atoms with E-state index >= 15 is 0 Å². The lowest BCUT2D eigenvalue weighted by Gasteiger charge is -2.19. The summed E-state index contributed by atoms with van der Waals surface area (Å²) in [6.45, 7) is 4.16. The molecule has 0 aliphatic rings. The SMILES string of the molecule is CC/C=C\C/C=C\C/C=C\C/C=C\C/C=C\C/C=C\C/C=C\C/C=C\C/C=C\CCCCCCCC(=O)NC(CO)C(O)/C=C/CC/C=C/CCCCCCCCCCCCC. The van der Waals surface area contributed by atoms with Gasteiger partial charge in [0.1, 0.15) is 0 Å². The van der Waals surface area contributed by atoms with Gasteiger partial charge < -0.3 is 15.5 Å². The van der Waals surface area contributed by atoms with E-state index in [2.05, 4.69) is 141 Å². The van der Waals surface area contributed by atoms with Crippen molar-refractivity contribution in [3.63, 3.8) is 0 Å². The average Bonchev–Trinajstić information content (AvgIpc) is 3.28. The summed E-state index contributed by atoms with van der Waals surface area (Å²) in [7, 11) is 0. The zero-order valence-electron chi connectivity index (χ0n) is 40.1. The minimum atomic E-state index is -0.880. The van der Waals surface area contributed by atoms with E-state index in [1.54, 1.807) is 6.08 Å². The van der Waals surface area contributed by atoms with E-state index < -0.39 is 12.1 Å². The molecule has 1 amide bonds. The molecule has 0 saturated carbocycles. The van der Waals surface area contributed by atoms with Crippen molar-refractivity contribution in [2.45, 2.75) is 219 Å². The van der Waals surface area contributed by atoms with Gasteiger partial charge in [-0.3, -0.25) is 4.79 Å². The molecule has 350 valence electrons. The van der Waals surface area contributed by atoms with Gasteiger partial charge in [-0.15, -0.1) is 0 Å². The van der Waals surface area contributed by atoms with Crippen LogP contribution in [-0.2, 0) is 4.79 Å². The topological polar surface area (TPSA) is 69.6 Å². The molecule has 4 heteroatoms. The molecule has 0 saturated heterocycles. The largest absolute Gasteiger partial charge is 0.394 e. The highest BCUT2D eigenvalue weighted by atomic mass is 16.3. The Labute approximate surface area is 383 Å². The van der Waals surface area contributed by atoms with E-state index in [0.717, 1.165) is 103 Å². The Kier molecular flexibility index (Phi) is 49.0. The molecular formula is C58H95NO3. The molecule has 62 heavy (non-hydrogen) atoms. The van der Waals surface area contributed by atoms with Crippen LogP contribution in [0.4, 0.5) is 0 Å². The summed E-state index contributed by atoms with van der Waals surface area (Å²) in [5, 5.41) is 23.0. The number of carbonyl (C=O) groups excluding carboxylic acids is 1. The van der Waals surface area contributed by atoms with Crippen LogP contribution in [-0.4, -0.2) is 34.9 Å². The molecule has 0 aromatic carbocycles. The van der Waals surface area contributed by atoms with Gasteiger partial charge in [0.2, 0.25) is 5.91 Å². The predicted molar refractivity (Wildman–Crippen MR) is 275 cm³/mol. The fraction of sp³-hybridized carbons (Fsp3) is 0.603. The van der Waals surface area contributed by atoms with Crippen LogP contribution in [0.1, 0.15) is 206 Å². The Hall–Kier alpha value is -3.47. The monoisotopic (exact) mass is 854 g/mol. The Balaban J connectivity index is 3.72. The molecule has 0 spiro atoms. The molecule has 0 aliphatic heterocycles. The number of aliphatic hydroxyl groups excluding tert-OH is 2. The second-order valence-corrected chi connectivity index (χ2v) is 16.5. The van der Waals surface area contributed by atoms with E-state index in [1.165, 1.54) is 83.5 Å². The highest BCUT2D eigenvalue weighted by molar-refractivity contribution is 5.76. The third kappa shape index (κ3) is 47.6. The van der Waals surface area contributed by atoms with Crippen molar-refractivity contribution in [3.8, 4) is 0 Å². The fourth-order valence-electron chi connectivity index (χ4n) is 6.77. The number of hydrogen-bond donors (Lipinski definition) is 3. The van der Waals surface area contributed by atoms with Crippen LogP contribution in [0.3, 0.4) is 0 Å². The molecule has 0 rings (SSSR count). The zero-order chi connectivity index (χ0) is 44.9. The molecule has 3 N–H and O–H groups in total. The Bertz CT molecular complexity index is 1290. The highest BCUT2D eigenvalue weighted by Crippen LogP contribution is 2.13. The Morgan fingerprint density at radius 1 is 0.403 bits per heavy atom. The van der Waals surface area contributed by atoms with E-state index in [-0.39, 0.29) is 12.5 Å². The summed E-state index contributed by atoms with van der Waals surface area (Å²) in [5.74, 6) is -0.0989. The minimum Gasteiger partial charge on any atom is -0.394 e. The van der Waals surface area contributed by atoms with Gasteiger partial charge in [-0.05, 0) is 103 Å². The second kappa shape index (κ2) is 51.9. The van der Waals surface area contributed by atoms with Gasteiger partial charge >= 0.3 is 0 Å². The van der Waals surface area contributed by atoms with E-state index in [9.17, 15) is 15.0 Å². The number of amides is 1. The summed E-state index contributed by atoms with van der Waals surface area (Å²) in [5.41, 5.74) is 0. The average molecular weight is 854 g/mol. The number of nitrogens with one attached hydrogen (secondary N) is 1. The first-order valence-electron chi connectivity index (χ1n) is 25.4. The maximum atomic E-state index is 12.4. The van der Waals surface area contributed by atoms with Gasteiger partial charge in [0.15, 0.2) is 0 Å². The lowest BCUT2D eigenvalue weighted by Crippen LogP contribution is -2.45. The molecule has 0 heterocycles. The van der Waals surface area contributed by atoms with Crippen molar-refractivity contribution >= 4 is 5.91 Å². The number of carbonyl (C=O) groups is 1. The number of rotatable bonds is 44. The predicted octanol–water partition coefficient (Wildman–Crippen LogP) is 16.7. The summed E-state index contributed by atoms with van der Waals surface area (Å²) in [6.07, 6.45) is 81.5. The van der Waals surface area contributed by atoms with Crippen LogP contribution < -0.4 is 5.32 Å². The summed E-state index contributed by atoms with van der Waals surface area (Å²) in [6, 6.07) is -0.660. The van der Waals surface area contributed by atoms with Crippen molar-refractivity contribution in [2.75, 3.05) is 6.61 Å². The van der Waals surface area contributed by atoms with Crippen molar-refractivity contribution < 1.29 is 15.0 Å². The molecular weight excluding hydrogens is 759 g/mol. The van der Waals surface area contributed by atoms with Gasteiger partial charge in [-0.2, -0.15) is 0 Å². The molecule has 4 nitrogen and oxygen atoms in total. The summed E-state index contributed by atoms with van der Waals surface area (Å²) < 4.78 is 0. The van der Waals surface area contributed by atoms with Gasteiger partial charge in [0.05, 0.1) is 18.8 Å². The first kappa shape index (κ1) is 58.5. The van der Waals surface area contributed by atoms with E-state index in [1.807, 2.05) is 6.08 Å². The standard InChI is InChI=1S/C58H95NO3/c1-3-5-7-9-11-13-15-17-19-21-22-23-24-25-26-27-28-29-30-31-32-33-34-35-36-38-40-42-44-46-48-50-52-54-58(62)59-56(55-60)57(61)53-51-49-47-45-43-41-39-37-20-18-16-14-12-10-8-6-4-2/h5,7,11,13,17,19,22-23,25-26,28-29,31-32,34-35,38,40,43,45,51,53,56-57,60-61H,3-4,6,8-10,12,14-16,18,20-21,24,27,30,33,36-37,39,41-42,44,46-50,52,54-55H2,1-2H3,(H,59,62)/b7-5-,13-11-,19-17-,23-22-,26-25-,29-28-,32-31-,35-34-,40-38-,45-43+,53-51+. The van der Waals surface area contributed by atoms with Crippen LogP contribution in [0.15, 0.2) is 134 Å². The van der Waals surface area contributed by atoms with E-state index in [0.29, 0.717) is 6.42 Å². The molecule has 2 unspecified atom stereocenters. The third-order valence-corrected chi connectivity index (χ3v) is 10.6. The Morgan fingerprint density at radius 2 is 0.726 bits per heavy atom. The minimum absolute atomic E-state index is 0.0989. The molecule has 0 fully saturated rings. The van der Waals surface area contributed by atoms with Gasteiger partial charge in [-0.1, -0.05) is 231 Å². The molecule has 2 atom stereocenters. The normalized spacial score (nSPS) is 14.1. The summed E-state index contributed by atoms with van der Waals surface area (Å²) in [4.78, 5) is 12.4. The van der Waals surface area contributed by atoms with Crippen LogP contribution in [0.2, 0.25) is 0 Å². The summed E-state index contributed by atoms with van der Waals surface area (Å²) >= 11 is 0. The maximum Gasteiger partial charge on any atom is 0.220 e. The quantitative estimate of drug-likeness (QED) is 0.0422. The van der Waals surface area contributed by atoms with Gasteiger partial charge in [0.25, 0.3) is 0 Å². The van der Waals surface area contributed by atoms with Crippen molar-refractivity contribution in [3.05, 3.63) is 134 Å². The molecule has 0 aliphatic carbocycles. The van der Waals surface area contributed by atoms with Gasteiger partial charge in [0, 0.05) is 6.42 Å². The van der Waals surface area contributed by atoms with Gasteiger partial charge in [-0.25, -0.2) is 0 Å². The molecule has 0 radical (unpaired) electrons. The van der Waals surface area contributed by atoms with Crippen LogP contribution >= 0.6 is 0 Å². The Morgan fingerprint density at radius 3 is 1.13 bits per heavy atom. The molecule has 0 aromatic rings. The fourth-order valence-corrected chi connectivity index (χ4v) is 6.77. The van der Waals surface area contributed by atoms with Crippen molar-refractivity contribution in [1.82, 2.24) is 5.32 Å².